The Kier molecular flexibility index (Phi) is 4.03. The van der Waals surface area contributed by atoms with E-state index in [4.69, 9.17) is 4.74 Å². The summed E-state index contributed by atoms with van der Waals surface area (Å²) in [6, 6.07) is 17.5. The van der Waals surface area contributed by atoms with E-state index in [1.807, 2.05) is 0 Å². The largest absolute Gasteiger partial charge is 0.493 e. The van der Waals surface area contributed by atoms with E-state index in [1.165, 1.54) is 16.7 Å². The SMILES string of the molecule is CCNC(c1ccccc1)c1ccc2c(c1)CCCO2. The maximum atomic E-state index is 5.70. The van der Waals surface area contributed by atoms with E-state index in [0.717, 1.165) is 31.7 Å². The molecule has 0 amide bonds. The first kappa shape index (κ1) is 13.2. The number of aryl methyl sites for hydroxylation is 1. The van der Waals surface area contributed by atoms with Crippen molar-refractivity contribution in [2.45, 2.75) is 25.8 Å². The molecule has 0 saturated carbocycles. The third-order valence-corrected chi connectivity index (χ3v) is 3.81. The molecule has 1 heterocycles. The van der Waals surface area contributed by atoms with Crippen LogP contribution in [0.2, 0.25) is 0 Å². The Labute approximate surface area is 120 Å². The summed E-state index contributed by atoms with van der Waals surface area (Å²) < 4.78 is 5.70. The van der Waals surface area contributed by atoms with Crippen LogP contribution in [-0.2, 0) is 6.42 Å². The summed E-state index contributed by atoms with van der Waals surface area (Å²) in [6.07, 6.45) is 2.24. The van der Waals surface area contributed by atoms with Crippen molar-refractivity contribution in [1.29, 1.82) is 0 Å². The van der Waals surface area contributed by atoms with E-state index < -0.39 is 0 Å². The third-order valence-electron chi connectivity index (χ3n) is 3.81. The van der Waals surface area contributed by atoms with Gasteiger partial charge in [-0.25, -0.2) is 0 Å². The highest BCUT2D eigenvalue weighted by molar-refractivity contribution is 5.42. The minimum Gasteiger partial charge on any atom is -0.493 e. The van der Waals surface area contributed by atoms with Gasteiger partial charge in [0.25, 0.3) is 0 Å². The average Bonchev–Trinajstić information content (AvgIpc) is 2.53. The molecule has 1 unspecified atom stereocenters. The minimum atomic E-state index is 0.258. The molecule has 0 aliphatic carbocycles. The second kappa shape index (κ2) is 6.10. The lowest BCUT2D eigenvalue weighted by atomic mass is 9.95. The standard InChI is InChI=1S/C18H21NO/c1-2-19-18(14-7-4-3-5-8-14)16-10-11-17-15(13-16)9-6-12-20-17/h3-5,7-8,10-11,13,18-19H,2,6,9,12H2,1H3. The molecule has 0 spiro atoms. The lowest BCUT2D eigenvalue weighted by Crippen LogP contribution is -2.22. The molecule has 0 fully saturated rings. The first-order chi connectivity index (χ1) is 9.88. The maximum absolute atomic E-state index is 5.70. The quantitative estimate of drug-likeness (QED) is 0.911. The second-order valence-corrected chi connectivity index (χ2v) is 5.22. The van der Waals surface area contributed by atoms with Crippen molar-refractivity contribution in [3.05, 3.63) is 65.2 Å². The Morgan fingerprint density at radius 1 is 1.10 bits per heavy atom. The summed E-state index contributed by atoms with van der Waals surface area (Å²) in [5, 5.41) is 3.58. The zero-order valence-electron chi connectivity index (χ0n) is 11.9. The molecule has 2 aromatic carbocycles. The van der Waals surface area contributed by atoms with E-state index in [-0.39, 0.29) is 6.04 Å². The van der Waals surface area contributed by atoms with Crippen molar-refractivity contribution in [3.8, 4) is 5.75 Å². The Bertz CT molecular complexity index is 565. The normalized spacial score (nSPS) is 15.2. The van der Waals surface area contributed by atoms with Crippen molar-refractivity contribution >= 4 is 0 Å². The maximum Gasteiger partial charge on any atom is 0.122 e. The summed E-state index contributed by atoms with van der Waals surface area (Å²) in [7, 11) is 0. The van der Waals surface area contributed by atoms with Gasteiger partial charge in [-0.05, 0) is 42.1 Å². The van der Waals surface area contributed by atoms with E-state index in [0.29, 0.717) is 0 Å². The summed E-state index contributed by atoms with van der Waals surface area (Å²) in [4.78, 5) is 0. The van der Waals surface area contributed by atoms with Gasteiger partial charge in [-0.1, -0.05) is 49.4 Å². The molecule has 104 valence electrons. The Morgan fingerprint density at radius 2 is 1.95 bits per heavy atom. The Balaban J connectivity index is 1.95. The Hall–Kier alpha value is -1.80. The van der Waals surface area contributed by atoms with Crippen LogP contribution in [-0.4, -0.2) is 13.2 Å². The molecule has 3 rings (SSSR count). The number of rotatable bonds is 4. The minimum absolute atomic E-state index is 0.258. The molecule has 0 saturated heterocycles. The summed E-state index contributed by atoms with van der Waals surface area (Å²) >= 11 is 0. The summed E-state index contributed by atoms with van der Waals surface area (Å²) in [5.74, 6) is 1.06. The molecule has 2 aromatic rings. The molecule has 1 N–H and O–H groups in total. The second-order valence-electron chi connectivity index (χ2n) is 5.22. The predicted molar refractivity (Wildman–Crippen MR) is 82.2 cm³/mol. The van der Waals surface area contributed by atoms with Gasteiger partial charge in [-0.2, -0.15) is 0 Å². The van der Waals surface area contributed by atoms with Crippen molar-refractivity contribution in [2.75, 3.05) is 13.2 Å². The van der Waals surface area contributed by atoms with Crippen LogP contribution in [0.15, 0.2) is 48.5 Å². The van der Waals surface area contributed by atoms with Crippen LogP contribution in [0.5, 0.6) is 5.75 Å². The van der Waals surface area contributed by atoms with Gasteiger partial charge in [0, 0.05) is 0 Å². The van der Waals surface area contributed by atoms with Gasteiger partial charge in [0.1, 0.15) is 5.75 Å². The number of nitrogens with one attached hydrogen (secondary N) is 1. The van der Waals surface area contributed by atoms with Crippen LogP contribution in [0.4, 0.5) is 0 Å². The summed E-state index contributed by atoms with van der Waals surface area (Å²) in [6.45, 7) is 3.95. The zero-order chi connectivity index (χ0) is 13.8. The third kappa shape index (κ3) is 2.70. The van der Waals surface area contributed by atoms with Gasteiger partial charge in [0.2, 0.25) is 0 Å². The van der Waals surface area contributed by atoms with E-state index in [1.54, 1.807) is 0 Å². The van der Waals surface area contributed by atoms with Crippen molar-refractivity contribution < 1.29 is 4.74 Å². The van der Waals surface area contributed by atoms with Gasteiger partial charge in [-0.15, -0.1) is 0 Å². The molecule has 2 heteroatoms. The zero-order valence-corrected chi connectivity index (χ0v) is 11.9. The number of hydrogen-bond acceptors (Lipinski definition) is 2. The van der Waals surface area contributed by atoms with Crippen LogP contribution < -0.4 is 10.1 Å². The number of benzene rings is 2. The first-order valence-corrected chi connectivity index (χ1v) is 7.42. The highest BCUT2D eigenvalue weighted by atomic mass is 16.5. The average molecular weight is 267 g/mol. The van der Waals surface area contributed by atoms with Crippen LogP contribution >= 0.6 is 0 Å². The van der Waals surface area contributed by atoms with Gasteiger partial charge in [0.15, 0.2) is 0 Å². The fraction of sp³-hybridized carbons (Fsp3) is 0.333. The van der Waals surface area contributed by atoms with Crippen molar-refractivity contribution in [2.24, 2.45) is 0 Å². The monoisotopic (exact) mass is 267 g/mol. The van der Waals surface area contributed by atoms with Crippen LogP contribution in [0.25, 0.3) is 0 Å². The van der Waals surface area contributed by atoms with Gasteiger partial charge in [-0.3, -0.25) is 0 Å². The van der Waals surface area contributed by atoms with Gasteiger partial charge in [0.05, 0.1) is 12.6 Å². The molecule has 1 aliphatic rings. The van der Waals surface area contributed by atoms with E-state index >= 15 is 0 Å². The van der Waals surface area contributed by atoms with E-state index in [9.17, 15) is 0 Å². The lowest BCUT2D eigenvalue weighted by Gasteiger charge is -2.23. The molecule has 20 heavy (non-hydrogen) atoms. The van der Waals surface area contributed by atoms with Crippen molar-refractivity contribution in [3.63, 3.8) is 0 Å². The number of fused-ring (bicyclic) bond motifs is 1. The first-order valence-electron chi connectivity index (χ1n) is 7.42. The van der Waals surface area contributed by atoms with Gasteiger partial charge >= 0.3 is 0 Å². The van der Waals surface area contributed by atoms with E-state index in [2.05, 4.69) is 60.8 Å². The van der Waals surface area contributed by atoms with Crippen LogP contribution in [0.3, 0.4) is 0 Å². The smallest absolute Gasteiger partial charge is 0.122 e. The van der Waals surface area contributed by atoms with Crippen LogP contribution in [0.1, 0.15) is 36.1 Å². The molecule has 1 atom stereocenters. The molecular weight excluding hydrogens is 246 g/mol. The topological polar surface area (TPSA) is 21.3 Å². The lowest BCUT2D eigenvalue weighted by molar-refractivity contribution is 0.288. The highest BCUT2D eigenvalue weighted by Gasteiger charge is 2.16. The predicted octanol–water partition coefficient (Wildman–Crippen LogP) is 3.71. The number of ether oxygens (including phenoxy) is 1. The van der Waals surface area contributed by atoms with Gasteiger partial charge < -0.3 is 10.1 Å². The highest BCUT2D eigenvalue weighted by Crippen LogP contribution is 2.30. The molecule has 1 aliphatic heterocycles. The fourth-order valence-corrected chi connectivity index (χ4v) is 2.84. The Morgan fingerprint density at radius 3 is 2.75 bits per heavy atom. The fourth-order valence-electron chi connectivity index (χ4n) is 2.84. The molecular formula is C18H21NO. The summed E-state index contributed by atoms with van der Waals surface area (Å²) in [5.41, 5.74) is 3.97. The van der Waals surface area contributed by atoms with Crippen LogP contribution in [0, 0.1) is 0 Å². The molecule has 2 nitrogen and oxygen atoms in total. The van der Waals surface area contributed by atoms with Crippen molar-refractivity contribution in [1.82, 2.24) is 5.32 Å². The molecule has 0 aromatic heterocycles. The molecule has 0 bridgehead atoms. The number of hydrogen-bond donors (Lipinski definition) is 1. The molecule has 0 radical (unpaired) electrons.